The van der Waals surface area contributed by atoms with Crippen LogP contribution in [0.2, 0.25) is 0 Å². The van der Waals surface area contributed by atoms with Crippen molar-refractivity contribution in [2.75, 3.05) is 19.6 Å². The van der Waals surface area contributed by atoms with Crippen molar-refractivity contribution in [3.8, 4) is 6.07 Å². The van der Waals surface area contributed by atoms with Gasteiger partial charge in [-0.3, -0.25) is 4.79 Å². The highest BCUT2D eigenvalue weighted by Gasteiger charge is 2.39. The molecule has 1 aliphatic heterocycles. The number of carboxylic acids is 1. The van der Waals surface area contributed by atoms with Gasteiger partial charge in [-0.25, -0.2) is 4.79 Å². The minimum absolute atomic E-state index is 0.163. The lowest BCUT2D eigenvalue weighted by molar-refractivity contribution is -0.142. The standard InChI is InChI=1S/C12H19N3O3/c1-3-14(7-4-6-13)12(18)15-8-5-10(9(15)2)11(16)17/h9-10H,3-5,7-8H2,1-2H3,(H,16,17). The fourth-order valence-electron chi connectivity index (χ4n) is 2.30. The van der Waals surface area contributed by atoms with E-state index in [-0.39, 0.29) is 12.1 Å². The summed E-state index contributed by atoms with van der Waals surface area (Å²) in [5, 5.41) is 17.6. The van der Waals surface area contributed by atoms with Gasteiger partial charge in [-0.1, -0.05) is 0 Å². The maximum Gasteiger partial charge on any atom is 0.320 e. The summed E-state index contributed by atoms with van der Waals surface area (Å²) in [6.45, 7) is 5.01. The average Bonchev–Trinajstić information content (AvgIpc) is 2.71. The first-order valence-corrected chi connectivity index (χ1v) is 6.18. The number of carbonyl (C=O) groups is 2. The Labute approximate surface area is 107 Å². The lowest BCUT2D eigenvalue weighted by Crippen LogP contribution is -2.46. The lowest BCUT2D eigenvalue weighted by Gasteiger charge is -2.30. The molecule has 6 heteroatoms. The topological polar surface area (TPSA) is 84.6 Å². The van der Waals surface area contributed by atoms with E-state index < -0.39 is 11.9 Å². The number of aliphatic carboxylic acids is 1. The van der Waals surface area contributed by atoms with Crippen molar-refractivity contribution < 1.29 is 14.7 Å². The second-order valence-corrected chi connectivity index (χ2v) is 4.44. The van der Waals surface area contributed by atoms with Crippen LogP contribution >= 0.6 is 0 Å². The van der Waals surface area contributed by atoms with Gasteiger partial charge in [0.1, 0.15) is 0 Å². The SMILES string of the molecule is CCN(CCC#N)C(=O)N1CCC(C(=O)O)C1C. The predicted octanol–water partition coefficient (Wildman–Crippen LogP) is 1.14. The van der Waals surface area contributed by atoms with E-state index >= 15 is 0 Å². The van der Waals surface area contributed by atoms with E-state index in [1.165, 1.54) is 0 Å². The van der Waals surface area contributed by atoms with E-state index in [9.17, 15) is 9.59 Å². The van der Waals surface area contributed by atoms with Gasteiger partial charge >= 0.3 is 12.0 Å². The van der Waals surface area contributed by atoms with E-state index in [0.29, 0.717) is 32.5 Å². The predicted molar refractivity (Wildman–Crippen MR) is 64.8 cm³/mol. The van der Waals surface area contributed by atoms with Gasteiger partial charge in [0, 0.05) is 25.7 Å². The molecule has 2 amide bonds. The number of carbonyl (C=O) groups excluding carboxylic acids is 1. The quantitative estimate of drug-likeness (QED) is 0.814. The van der Waals surface area contributed by atoms with Gasteiger partial charge < -0.3 is 14.9 Å². The molecule has 0 bridgehead atoms. The first-order valence-electron chi connectivity index (χ1n) is 6.18. The summed E-state index contributed by atoms with van der Waals surface area (Å²) >= 11 is 0. The Morgan fingerprint density at radius 1 is 1.56 bits per heavy atom. The zero-order valence-electron chi connectivity index (χ0n) is 10.8. The van der Waals surface area contributed by atoms with E-state index in [0.717, 1.165) is 0 Å². The van der Waals surface area contributed by atoms with E-state index in [2.05, 4.69) is 0 Å². The van der Waals surface area contributed by atoms with Crippen LogP contribution in [0.3, 0.4) is 0 Å². The molecule has 1 N–H and O–H groups in total. The molecule has 1 rings (SSSR count). The average molecular weight is 253 g/mol. The molecule has 0 aliphatic carbocycles. The second kappa shape index (κ2) is 6.24. The molecule has 0 saturated carbocycles. The summed E-state index contributed by atoms with van der Waals surface area (Å²) in [6, 6.07) is 1.56. The molecule has 0 spiro atoms. The molecule has 100 valence electrons. The van der Waals surface area contributed by atoms with Crippen LogP contribution in [-0.4, -0.2) is 52.6 Å². The van der Waals surface area contributed by atoms with Crippen LogP contribution in [0.5, 0.6) is 0 Å². The molecule has 0 radical (unpaired) electrons. The Morgan fingerprint density at radius 3 is 2.67 bits per heavy atom. The molecular formula is C12H19N3O3. The lowest BCUT2D eigenvalue weighted by atomic mass is 10.0. The first-order chi connectivity index (χ1) is 8.52. The molecule has 1 fully saturated rings. The van der Waals surface area contributed by atoms with Gasteiger partial charge in [-0.15, -0.1) is 0 Å². The van der Waals surface area contributed by atoms with Crippen LogP contribution < -0.4 is 0 Å². The van der Waals surface area contributed by atoms with Crippen molar-refractivity contribution in [3.63, 3.8) is 0 Å². The van der Waals surface area contributed by atoms with Crippen molar-refractivity contribution in [1.82, 2.24) is 9.80 Å². The number of amides is 2. The van der Waals surface area contributed by atoms with Gasteiger partial charge in [0.15, 0.2) is 0 Å². The van der Waals surface area contributed by atoms with Crippen LogP contribution in [0.25, 0.3) is 0 Å². The van der Waals surface area contributed by atoms with Gasteiger partial charge in [-0.2, -0.15) is 5.26 Å². The third kappa shape index (κ3) is 2.92. The molecule has 6 nitrogen and oxygen atoms in total. The van der Waals surface area contributed by atoms with Gasteiger partial charge in [-0.05, 0) is 20.3 Å². The summed E-state index contributed by atoms with van der Waals surface area (Å²) in [7, 11) is 0. The Balaban J connectivity index is 2.67. The largest absolute Gasteiger partial charge is 0.481 e. The number of hydrogen-bond donors (Lipinski definition) is 1. The number of likely N-dealkylation sites (tertiary alicyclic amines) is 1. The number of carboxylic acid groups (broad SMARTS) is 1. The van der Waals surface area contributed by atoms with Gasteiger partial charge in [0.05, 0.1) is 18.4 Å². The highest BCUT2D eigenvalue weighted by atomic mass is 16.4. The normalized spacial score (nSPS) is 22.6. The summed E-state index contributed by atoms with van der Waals surface area (Å²) < 4.78 is 0. The Kier molecular flexibility index (Phi) is 4.95. The fraction of sp³-hybridized carbons (Fsp3) is 0.750. The zero-order chi connectivity index (χ0) is 13.7. The Hall–Kier alpha value is -1.77. The number of nitriles is 1. The van der Waals surface area contributed by atoms with Gasteiger partial charge in [0.25, 0.3) is 0 Å². The van der Waals surface area contributed by atoms with E-state index in [1.807, 2.05) is 13.0 Å². The maximum absolute atomic E-state index is 12.2. The van der Waals surface area contributed by atoms with Crippen molar-refractivity contribution >= 4 is 12.0 Å². The molecular weight excluding hydrogens is 234 g/mol. The van der Waals surface area contributed by atoms with Crippen molar-refractivity contribution in [1.29, 1.82) is 5.26 Å². The molecule has 18 heavy (non-hydrogen) atoms. The summed E-state index contributed by atoms with van der Waals surface area (Å²) in [5.41, 5.74) is 0. The van der Waals surface area contributed by atoms with Gasteiger partial charge in [0.2, 0.25) is 0 Å². The highest BCUT2D eigenvalue weighted by Crippen LogP contribution is 2.25. The smallest absolute Gasteiger partial charge is 0.320 e. The summed E-state index contributed by atoms with van der Waals surface area (Å²) in [6.07, 6.45) is 0.794. The van der Waals surface area contributed by atoms with Crippen molar-refractivity contribution in [3.05, 3.63) is 0 Å². The minimum atomic E-state index is -0.849. The number of rotatable bonds is 4. The summed E-state index contributed by atoms with van der Waals surface area (Å²) in [4.78, 5) is 26.4. The molecule has 0 aromatic rings. The Bertz CT molecular complexity index is 364. The summed E-state index contributed by atoms with van der Waals surface area (Å²) in [5.74, 6) is -1.33. The van der Waals surface area contributed by atoms with Crippen LogP contribution in [0, 0.1) is 17.2 Å². The third-order valence-electron chi connectivity index (χ3n) is 3.46. The molecule has 0 aromatic heterocycles. The molecule has 1 saturated heterocycles. The maximum atomic E-state index is 12.2. The number of nitrogens with zero attached hydrogens (tertiary/aromatic N) is 3. The third-order valence-corrected chi connectivity index (χ3v) is 3.46. The molecule has 2 unspecified atom stereocenters. The highest BCUT2D eigenvalue weighted by molar-refractivity contribution is 5.78. The van der Waals surface area contributed by atoms with Crippen molar-refractivity contribution in [2.45, 2.75) is 32.7 Å². The van der Waals surface area contributed by atoms with Crippen LogP contribution in [-0.2, 0) is 4.79 Å². The van der Waals surface area contributed by atoms with E-state index in [4.69, 9.17) is 10.4 Å². The molecule has 0 aromatic carbocycles. The Morgan fingerprint density at radius 2 is 2.22 bits per heavy atom. The van der Waals surface area contributed by atoms with Crippen LogP contribution in [0.15, 0.2) is 0 Å². The van der Waals surface area contributed by atoms with Crippen LogP contribution in [0.4, 0.5) is 4.79 Å². The molecule has 2 atom stereocenters. The first kappa shape index (κ1) is 14.3. The second-order valence-electron chi connectivity index (χ2n) is 4.44. The number of urea groups is 1. The molecule has 1 heterocycles. The zero-order valence-corrected chi connectivity index (χ0v) is 10.8. The van der Waals surface area contributed by atoms with E-state index in [1.54, 1.807) is 16.7 Å². The van der Waals surface area contributed by atoms with Crippen LogP contribution in [0.1, 0.15) is 26.7 Å². The number of hydrogen-bond acceptors (Lipinski definition) is 3. The van der Waals surface area contributed by atoms with Crippen molar-refractivity contribution in [2.24, 2.45) is 5.92 Å². The minimum Gasteiger partial charge on any atom is -0.481 e. The fourth-order valence-corrected chi connectivity index (χ4v) is 2.30. The monoisotopic (exact) mass is 253 g/mol. The molecule has 1 aliphatic rings.